The molecule has 12 rings (SSSR count). The Morgan fingerprint density at radius 3 is 1.80 bits per heavy atom. The highest BCUT2D eigenvalue weighted by Crippen LogP contribution is 2.47. The van der Waals surface area contributed by atoms with Crippen molar-refractivity contribution in [3.05, 3.63) is 152 Å². The molecule has 5 heteroatoms. The van der Waals surface area contributed by atoms with Gasteiger partial charge < -0.3 is 8.83 Å². The summed E-state index contributed by atoms with van der Waals surface area (Å²) in [6.45, 7) is 0. The Hall–Kier alpha value is -6.98. The Kier molecular flexibility index (Phi) is 5.17. The molecule has 0 radical (unpaired) electrons. The van der Waals surface area contributed by atoms with Gasteiger partial charge in [0.05, 0.1) is 5.52 Å². The number of hydrogen-bond acceptors (Lipinski definition) is 4. The number of rotatable bonds is 2. The van der Waals surface area contributed by atoms with Gasteiger partial charge in [0.15, 0.2) is 11.2 Å². The number of furan rings is 2. The van der Waals surface area contributed by atoms with Crippen LogP contribution in [0.5, 0.6) is 0 Å². The molecule has 0 fully saturated rings. The summed E-state index contributed by atoms with van der Waals surface area (Å²) in [5.74, 6) is 0.560. The van der Waals surface area contributed by atoms with Gasteiger partial charge in [0.1, 0.15) is 27.9 Å². The van der Waals surface area contributed by atoms with Crippen molar-refractivity contribution in [2.24, 2.45) is 0 Å². The van der Waals surface area contributed by atoms with E-state index < -0.39 is 0 Å². The number of nitrogens with zero attached hydrogens (tertiary/aromatic N) is 3. The van der Waals surface area contributed by atoms with Crippen LogP contribution in [0.2, 0.25) is 0 Å². The van der Waals surface area contributed by atoms with Crippen molar-refractivity contribution in [2.75, 3.05) is 0 Å². The Morgan fingerprint density at radius 1 is 0.412 bits per heavy atom. The molecule has 0 N–H and O–H groups in total. The average molecular weight is 652 g/mol. The Balaban J connectivity index is 1.35. The second-order valence-corrected chi connectivity index (χ2v) is 13.3. The number of benzene rings is 8. The first kappa shape index (κ1) is 26.9. The molecule has 12 aromatic rings. The highest BCUT2D eigenvalue weighted by molar-refractivity contribution is 6.37. The van der Waals surface area contributed by atoms with Crippen molar-refractivity contribution in [1.82, 2.24) is 14.5 Å². The van der Waals surface area contributed by atoms with Gasteiger partial charge in [-0.2, -0.15) is 0 Å². The van der Waals surface area contributed by atoms with Gasteiger partial charge in [-0.25, -0.2) is 9.97 Å². The molecule has 8 aromatic carbocycles. The maximum Gasteiger partial charge on any atom is 0.236 e. The molecule has 0 bridgehead atoms. The number of hydrogen-bond donors (Lipinski definition) is 0. The second kappa shape index (κ2) is 9.80. The van der Waals surface area contributed by atoms with Crippen LogP contribution in [0.15, 0.2) is 160 Å². The fourth-order valence-corrected chi connectivity index (χ4v) is 8.44. The summed E-state index contributed by atoms with van der Waals surface area (Å²) >= 11 is 0. The highest BCUT2D eigenvalue weighted by Gasteiger charge is 2.27. The van der Waals surface area contributed by atoms with Crippen LogP contribution in [0.1, 0.15) is 0 Å². The lowest BCUT2D eigenvalue weighted by molar-refractivity contribution is 0.666. The van der Waals surface area contributed by atoms with Crippen LogP contribution in [0.3, 0.4) is 0 Å². The molecule has 0 amide bonds. The molecular weight excluding hydrogens is 627 g/mol. The quantitative estimate of drug-likeness (QED) is 0.187. The molecule has 0 saturated carbocycles. The van der Waals surface area contributed by atoms with Crippen LogP contribution in [0, 0.1) is 0 Å². The van der Waals surface area contributed by atoms with Crippen molar-refractivity contribution < 1.29 is 8.83 Å². The Morgan fingerprint density at radius 2 is 1.00 bits per heavy atom. The lowest BCUT2D eigenvalue weighted by atomic mass is 9.97. The van der Waals surface area contributed by atoms with Crippen molar-refractivity contribution >= 4 is 98.1 Å². The summed E-state index contributed by atoms with van der Waals surface area (Å²) in [5, 5.41) is 12.3. The van der Waals surface area contributed by atoms with Crippen molar-refractivity contribution in [3.63, 3.8) is 0 Å². The van der Waals surface area contributed by atoms with E-state index in [0.29, 0.717) is 11.5 Å². The second-order valence-electron chi connectivity index (χ2n) is 13.3. The minimum atomic E-state index is 0.560. The number of para-hydroxylation sites is 2. The predicted molar refractivity (Wildman–Crippen MR) is 209 cm³/mol. The standard InChI is InChI=1S/C46H25N3O2/c1-3-15-28-26(12-1)14-11-21-32(28)41-45-42(34-20-8-10-23-37(34)51-45)48-46(47-41)49-35-25-24-27-13-2-4-16-29(27)39(35)40-31-18-6-5-17-30(31)38-33-19-7-9-22-36(33)50-44(38)43(40)49/h1-25H. The zero-order valence-electron chi connectivity index (χ0n) is 27.1. The van der Waals surface area contributed by atoms with Crippen molar-refractivity contribution in [1.29, 1.82) is 0 Å². The topological polar surface area (TPSA) is 57.0 Å². The van der Waals surface area contributed by atoms with E-state index in [1.807, 2.05) is 24.3 Å². The van der Waals surface area contributed by atoms with Crippen LogP contribution in [0.4, 0.5) is 0 Å². The molecule has 0 aliphatic rings. The Bertz CT molecular complexity index is 3430. The third-order valence-electron chi connectivity index (χ3n) is 10.6. The van der Waals surface area contributed by atoms with Crippen LogP contribution in [-0.4, -0.2) is 14.5 Å². The number of aromatic nitrogens is 3. The maximum absolute atomic E-state index is 6.90. The first-order valence-electron chi connectivity index (χ1n) is 17.2. The molecule has 4 heterocycles. The summed E-state index contributed by atoms with van der Waals surface area (Å²) in [6, 6.07) is 52.9. The monoisotopic (exact) mass is 651 g/mol. The fraction of sp³-hybridized carbons (Fsp3) is 0. The van der Waals surface area contributed by atoms with E-state index >= 15 is 0 Å². The maximum atomic E-state index is 6.90. The first-order chi connectivity index (χ1) is 25.3. The van der Waals surface area contributed by atoms with Gasteiger partial charge in [0.2, 0.25) is 5.95 Å². The molecule has 51 heavy (non-hydrogen) atoms. The van der Waals surface area contributed by atoms with E-state index in [1.54, 1.807) is 0 Å². The van der Waals surface area contributed by atoms with Gasteiger partial charge in [0, 0.05) is 32.5 Å². The van der Waals surface area contributed by atoms with Crippen molar-refractivity contribution in [3.8, 4) is 17.2 Å². The van der Waals surface area contributed by atoms with E-state index in [1.165, 1.54) is 10.8 Å². The summed E-state index contributed by atoms with van der Waals surface area (Å²) in [4.78, 5) is 10.9. The smallest absolute Gasteiger partial charge is 0.236 e. The van der Waals surface area contributed by atoms with Crippen LogP contribution in [-0.2, 0) is 0 Å². The van der Waals surface area contributed by atoms with E-state index in [9.17, 15) is 0 Å². The van der Waals surface area contributed by atoms with Gasteiger partial charge >= 0.3 is 0 Å². The molecule has 4 aromatic heterocycles. The van der Waals surface area contributed by atoms with Crippen molar-refractivity contribution in [2.45, 2.75) is 0 Å². The molecule has 0 aliphatic carbocycles. The molecule has 0 aliphatic heterocycles. The largest absolute Gasteiger partial charge is 0.454 e. The molecular formula is C46H25N3O2. The highest BCUT2D eigenvalue weighted by atomic mass is 16.3. The Labute approximate surface area is 289 Å². The summed E-state index contributed by atoms with van der Waals surface area (Å²) in [6.07, 6.45) is 0. The van der Waals surface area contributed by atoms with Gasteiger partial charge in [-0.3, -0.25) is 4.57 Å². The minimum absolute atomic E-state index is 0.560. The van der Waals surface area contributed by atoms with Crippen LogP contribution in [0.25, 0.3) is 115 Å². The minimum Gasteiger partial charge on any atom is -0.454 e. The van der Waals surface area contributed by atoms with E-state index in [-0.39, 0.29) is 0 Å². The molecule has 0 saturated heterocycles. The molecule has 0 unspecified atom stereocenters. The lowest BCUT2D eigenvalue weighted by Crippen LogP contribution is -2.03. The summed E-state index contributed by atoms with van der Waals surface area (Å²) in [5.41, 5.74) is 7.59. The average Bonchev–Trinajstić information content (AvgIpc) is 3.88. The third-order valence-corrected chi connectivity index (χ3v) is 10.6. The van der Waals surface area contributed by atoms with Gasteiger partial charge in [-0.1, -0.05) is 127 Å². The molecule has 5 nitrogen and oxygen atoms in total. The molecule has 0 spiro atoms. The normalized spacial score (nSPS) is 12.3. The van der Waals surface area contributed by atoms with E-state index in [2.05, 4.69) is 132 Å². The number of fused-ring (bicyclic) bond motifs is 16. The lowest BCUT2D eigenvalue weighted by Gasteiger charge is -2.11. The van der Waals surface area contributed by atoms with Crippen LogP contribution >= 0.6 is 0 Å². The third kappa shape index (κ3) is 3.54. The summed E-state index contributed by atoms with van der Waals surface area (Å²) < 4.78 is 15.7. The van der Waals surface area contributed by atoms with E-state index in [4.69, 9.17) is 18.8 Å². The van der Waals surface area contributed by atoms with Crippen LogP contribution < -0.4 is 0 Å². The summed E-state index contributed by atoms with van der Waals surface area (Å²) in [7, 11) is 0. The SMILES string of the molecule is c1ccc2c(-c3nc(-n4c5ccc6ccccc6c5c5c6ccccc6c6c7ccccc7oc6c54)nc4c3oc3ccccc34)cccc2c1. The molecule has 0 atom stereocenters. The fourth-order valence-electron chi connectivity index (χ4n) is 8.44. The van der Waals surface area contributed by atoms with Gasteiger partial charge in [0.25, 0.3) is 0 Å². The zero-order valence-corrected chi connectivity index (χ0v) is 27.1. The first-order valence-corrected chi connectivity index (χ1v) is 17.2. The zero-order chi connectivity index (χ0) is 33.2. The van der Waals surface area contributed by atoms with E-state index in [0.717, 1.165) is 93.0 Å². The predicted octanol–water partition coefficient (Wildman–Crippen LogP) is 12.5. The molecule has 236 valence electrons. The van der Waals surface area contributed by atoms with Gasteiger partial charge in [-0.15, -0.1) is 0 Å². The van der Waals surface area contributed by atoms with Gasteiger partial charge in [-0.05, 0) is 56.6 Å².